The highest BCUT2D eigenvalue weighted by molar-refractivity contribution is 14.0. The Hall–Kier alpha value is -1.84. The molecule has 0 saturated carbocycles. The summed E-state index contributed by atoms with van der Waals surface area (Å²) >= 11 is 0. The van der Waals surface area contributed by atoms with Crippen LogP contribution < -0.4 is 15.4 Å². The number of fused-ring (bicyclic) bond motifs is 1. The lowest BCUT2D eigenvalue weighted by Crippen LogP contribution is -2.38. The number of aromatic nitrogens is 3. The summed E-state index contributed by atoms with van der Waals surface area (Å²) in [5.74, 6) is 3.77. The Balaban J connectivity index is 0.00000280. The lowest BCUT2D eigenvalue weighted by atomic mass is 10.1. The number of nitrogens with zero attached hydrogens (tertiary/aromatic N) is 4. The summed E-state index contributed by atoms with van der Waals surface area (Å²) in [4.78, 5) is 4.70. The van der Waals surface area contributed by atoms with E-state index in [1.165, 1.54) is 24.0 Å². The fraction of sp³-hybridized carbons (Fsp3) is 0.550. The second-order valence-corrected chi connectivity index (χ2v) is 6.83. The first-order valence-electron chi connectivity index (χ1n) is 9.78. The fourth-order valence-electron chi connectivity index (χ4n) is 3.40. The Kier molecular flexibility index (Phi) is 9.01. The van der Waals surface area contributed by atoms with E-state index in [0.717, 1.165) is 55.8 Å². The molecule has 2 aromatic rings. The summed E-state index contributed by atoms with van der Waals surface area (Å²) in [6.07, 6.45) is 4.29. The normalized spacial score (nSPS) is 13.5. The Morgan fingerprint density at radius 3 is 2.89 bits per heavy atom. The number of halogens is 1. The number of hydrogen-bond donors (Lipinski definition) is 2. The highest BCUT2D eigenvalue weighted by Crippen LogP contribution is 2.19. The van der Waals surface area contributed by atoms with Crippen molar-refractivity contribution in [3.63, 3.8) is 0 Å². The number of aliphatic imine (C=N–C) groups is 1. The average Bonchev–Trinajstić information content (AvgIpc) is 3.09. The van der Waals surface area contributed by atoms with Crippen LogP contribution in [0.3, 0.4) is 0 Å². The van der Waals surface area contributed by atoms with Crippen LogP contribution >= 0.6 is 24.0 Å². The van der Waals surface area contributed by atoms with Crippen LogP contribution in [0.1, 0.15) is 42.5 Å². The van der Waals surface area contributed by atoms with Crippen molar-refractivity contribution in [3.8, 4) is 5.75 Å². The van der Waals surface area contributed by atoms with Crippen LogP contribution in [0.15, 0.2) is 23.2 Å². The Morgan fingerprint density at radius 2 is 2.11 bits per heavy atom. The minimum Gasteiger partial charge on any atom is -0.496 e. The summed E-state index contributed by atoms with van der Waals surface area (Å²) in [6.45, 7) is 7.31. The lowest BCUT2D eigenvalue weighted by molar-refractivity contribution is 0.409. The first-order valence-corrected chi connectivity index (χ1v) is 9.78. The van der Waals surface area contributed by atoms with Gasteiger partial charge in [0, 0.05) is 26.1 Å². The van der Waals surface area contributed by atoms with Crippen molar-refractivity contribution in [3.05, 3.63) is 41.0 Å². The number of aryl methyl sites for hydroxylation is 2. The molecule has 1 aromatic heterocycles. The molecule has 2 N–H and O–H groups in total. The van der Waals surface area contributed by atoms with E-state index < -0.39 is 0 Å². The summed E-state index contributed by atoms with van der Waals surface area (Å²) in [7, 11) is 1.71. The van der Waals surface area contributed by atoms with Gasteiger partial charge in [-0.2, -0.15) is 0 Å². The van der Waals surface area contributed by atoms with Gasteiger partial charge in [0.2, 0.25) is 0 Å². The van der Waals surface area contributed by atoms with Crippen molar-refractivity contribution in [2.75, 3.05) is 20.2 Å². The van der Waals surface area contributed by atoms with Crippen molar-refractivity contribution in [1.82, 2.24) is 25.4 Å². The summed E-state index contributed by atoms with van der Waals surface area (Å²) in [5.41, 5.74) is 2.44. The van der Waals surface area contributed by atoms with Gasteiger partial charge in [0.15, 0.2) is 11.8 Å². The zero-order valence-electron chi connectivity index (χ0n) is 17.0. The number of benzene rings is 1. The van der Waals surface area contributed by atoms with Gasteiger partial charge < -0.3 is 19.9 Å². The summed E-state index contributed by atoms with van der Waals surface area (Å²) < 4.78 is 7.68. The molecular formula is C20H31IN6O. The molecule has 0 amide bonds. The molecule has 8 heteroatoms. The number of nitrogens with one attached hydrogen (secondary N) is 2. The third kappa shape index (κ3) is 5.83. The molecular weight excluding hydrogens is 467 g/mol. The van der Waals surface area contributed by atoms with Crippen LogP contribution in [0, 0.1) is 6.92 Å². The van der Waals surface area contributed by atoms with Crippen molar-refractivity contribution in [2.24, 2.45) is 4.99 Å². The minimum absolute atomic E-state index is 0. The molecule has 0 unspecified atom stereocenters. The number of guanidine groups is 1. The van der Waals surface area contributed by atoms with Crippen LogP contribution in [0.4, 0.5) is 0 Å². The third-order valence-corrected chi connectivity index (χ3v) is 4.78. The predicted molar refractivity (Wildman–Crippen MR) is 123 cm³/mol. The topological polar surface area (TPSA) is 76.4 Å². The van der Waals surface area contributed by atoms with Gasteiger partial charge in [0.1, 0.15) is 18.1 Å². The SMILES string of the molecule is CCNC(=NCc1nnc2n1CCCC2)NCCc1cc(C)ccc1OC.I. The van der Waals surface area contributed by atoms with Gasteiger partial charge in [-0.05, 0) is 44.7 Å². The summed E-state index contributed by atoms with van der Waals surface area (Å²) in [5, 5.41) is 15.3. The first kappa shape index (κ1) is 22.4. The molecule has 3 rings (SSSR count). The molecule has 2 heterocycles. The number of methoxy groups -OCH3 is 1. The van der Waals surface area contributed by atoms with E-state index in [9.17, 15) is 0 Å². The van der Waals surface area contributed by atoms with Crippen LogP contribution in [0.5, 0.6) is 5.75 Å². The van der Waals surface area contributed by atoms with Gasteiger partial charge >= 0.3 is 0 Å². The Bertz CT molecular complexity index is 789. The van der Waals surface area contributed by atoms with Crippen molar-refractivity contribution < 1.29 is 4.74 Å². The zero-order chi connectivity index (χ0) is 19.1. The van der Waals surface area contributed by atoms with E-state index in [4.69, 9.17) is 9.73 Å². The first-order chi connectivity index (χ1) is 13.2. The third-order valence-electron chi connectivity index (χ3n) is 4.78. The van der Waals surface area contributed by atoms with Gasteiger partial charge in [-0.15, -0.1) is 34.2 Å². The van der Waals surface area contributed by atoms with Crippen LogP contribution in [-0.4, -0.2) is 40.9 Å². The molecule has 0 fully saturated rings. The monoisotopic (exact) mass is 498 g/mol. The largest absolute Gasteiger partial charge is 0.496 e. The summed E-state index contributed by atoms with van der Waals surface area (Å²) in [6, 6.07) is 6.27. The smallest absolute Gasteiger partial charge is 0.191 e. The second-order valence-electron chi connectivity index (χ2n) is 6.83. The van der Waals surface area contributed by atoms with E-state index in [1.54, 1.807) is 7.11 Å². The maximum atomic E-state index is 5.46. The molecule has 0 saturated heterocycles. The number of hydrogen-bond acceptors (Lipinski definition) is 4. The zero-order valence-corrected chi connectivity index (χ0v) is 19.3. The maximum Gasteiger partial charge on any atom is 0.191 e. The maximum absolute atomic E-state index is 5.46. The van der Waals surface area contributed by atoms with E-state index in [0.29, 0.717) is 6.54 Å². The molecule has 7 nitrogen and oxygen atoms in total. The molecule has 28 heavy (non-hydrogen) atoms. The van der Waals surface area contributed by atoms with Crippen LogP contribution in [0.25, 0.3) is 0 Å². The molecule has 0 spiro atoms. The van der Waals surface area contributed by atoms with E-state index >= 15 is 0 Å². The quantitative estimate of drug-likeness (QED) is 0.349. The lowest BCUT2D eigenvalue weighted by Gasteiger charge is -2.15. The Morgan fingerprint density at radius 1 is 1.25 bits per heavy atom. The van der Waals surface area contributed by atoms with Crippen molar-refractivity contribution >= 4 is 29.9 Å². The molecule has 154 valence electrons. The van der Waals surface area contributed by atoms with Crippen LogP contribution in [-0.2, 0) is 25.9 Å². The molecule has 0 bridgehead atoms. The highest BCUT2D eigenvalue weighted by Gasteiger charge is 2.15. The van der Waals surface area contributed by atoms with Gasteiger partial charge in [0.25, 0.3) is 0 Å². The van der Waals surface area contributed by atoms with Gasteiger partial charge in [-0.1, -0.05) is 17.7 Å². The van der Waals surface area contributed by atoms with Gasteiger partial charge in [-0.3, -0.25) is 0 Å². The van der Waals surface area contributed by atoms with Crippen molar-refractivity contribution in [2.45, 2.75) is 52.6 Å². The van der Waals surface area contributed by atoms with Gasteiger partial charge in [-0.25, -0.2) is 4.99 Å². The molecule has 1 aliphatic heterocycles. The predicted octanol–water partition coefficient (Wildman–Crippen LogP) is 2.85. The van der Waals surface area contributed by atoms with E-state index in [-0.39, 0.29) is 24.0 Å². The number of ether oxygens (including phenoxy) is 1. The molecule has 0 radical (unpaired) electrons. The molecule has 0 aliphatic carbocycles. The van der Waals surface area contributed by atoms with Crippen LogP contribution in [0.2, 0.25) is 0 Å². The fourth-order valence-corrected chi connectivity index (χ4v) is 3.40. The number of rotatable bonds is 7. The molecule has 0 atom stereocenters. The van der Waals surface area contributed by atoms with E-state index in [1.807, 2.05) is 6.07 Å². The van der Waals surface area contributed by atoms with Gasteiger partial charge in [0.05, 0.1) is 7.11 Å². The molecule has 1 aliphatic rings. The highest BCUT2D eigenvalue weighted by atomic mass is 127. The average molecular weight is 498 g/mol. The second kappa shape index (κ2) is 11.2. The van der Waals surface area contributed by atoms with E-state index in [2.05, 4.69) is 51.4 Å². The standard InChI is InChI=1S/C20H30N6O.HI/c1-4-21-20(22-11-10-16-13-15(2)8-9-17(16)27-3)23-14-19-25-24-18-7-5-6-12-26(18)19;/h8-9,13H,4-7,10-12,14H2,1-3H3,(H2,21,22,23);1H. The molecule has 1 aromatic carbocycles. The minimum atomic E-state index is 0. The van der Waals surface area contributed by atoms with Crippen molar-refractivity contribution in [1.29, 1.82) is 0 Å². The Labute approximate surface area is 184 Å².